The molecule has 0 bridgehead atoms. The van der Waals surface area contributed by atoms with Crippen LogP contribution in [0.2, 0.25) is 18.1 Å². The molecule has 0 saturated heterocycles. The Kier molecular flexibility index (Phi) is 9.81. The first-order valence-electron chi connectivity index (χ1n) is 14.4. The lowest BCUT2D eigenvalue weighted by Gasteiger charge is -2.43. The van der Waals surface area contributed by atoms with Crippen molar-refractivity contribution in [3.63, 3.8) is 0 Å². The molecule has 5 heteroatoms. The van der Waals surface area contributed by atoms with Gasteiger partial charge in [0, 0.05) is 11.7 Å². The van der Waals surface area contributed by atoms with Crippen molar-refractivity contribution < 1.29 is 14.6 Å². The van der Waals surface area contributed by atoms with Crippen LogP contribution >= 0.6 is 11.8 Å². The van der Waals surface area contributed by atoms with Crippen LogP contribution in [-0.2, 0) is 4.43 Å². The molecule has 0 aromatic heterocycles. The molecule has 0 aliphatic heterocycles. The largest absolute Gasteiger partial charge is 0.410 e. The molecule has 0 heterocycles. The van der Waals surface area contributed by atoms with E-state index in [1.165, 1.54) is 18.4 Å². The molecule has 5 atom stereocenters. The Morgan fingerprint density at radius 1 is 1.26 bits per heavy atom. The van der Waals surface area contributed by atoms with Gasteiger partial charge in [-0.3, -0.25) is 0 Å². The number of aliphatic hydroxyl groups excluding tert-OH is 1. The smallest absolute Gasteiger partial charge is 0.192 e. The minimum atomic E-state index is -1.96. The third-order valence-corrected chi connectivity index (χ3v) is 14.9. The molecule has 3 aliphatic carbocycles. The Morgan fingerprint density at radius 3 is 2.58 bits per heavy atom. The lowest BCUT2D eigenvalue weighted by molar-refractivity contribution is 0.0908. The van der Waals surface area contributed by atoms with Crippen LogP contribution in [0.4, 0.5) is 0 Å². The summed E-state index contributed by atoms with van der Waals surface area (Å²) in [7, 11) is -1.96. The quantitative estimate of drug-likeness (QED) is 0.198. The second-order valence-electron chi connectivity index (χ2n) is 14.0. The first-order valence-corrected chi connectivity index (χ1v) is 18.4. The van der Waals surface area contributed by atoms with Gasteiger partial charge in [0.15, 0.2) is 8.32 Å². The van der Waals surface area contributed by atoms with E-state index in [0.29, 0.717) is 24.0 Å². The van der Waals surface area contributed by atoms with Crippen molar-refractivity contribution >= 4 is 20.1 Å². The molecule has 0 spiro atoms. The van der Waals surface area contributed by atoms with Crippen LogP contribution < -0.4 is 0 Å². The molecule has 38 heavy (non-hydrogen) atoms. The van der Waals surface area contributed by atoms with Crippen LogP contribution in [0, 0.1) is 23.2 Å². The first kappa shape index (κ1) is 31.5. The number of hydrogen-bond acceptors (Lipinski definition) is 4. The lowest BCUT2D eigenvalue weighted by Crippen LogP contribution is -2.46. The van der Waals surface area contributed by atoms with Gasteiger partial charge in [-0.05, 0) is 93.5 Å². The van der Waals surface area contributed by atoms with E-state index < -0.39 is 13.9 Å². The molecule has 0 aromatic rings. The van der Waals surface area contributed by atoms with Crippen molar-refractivity contribution in [2.75, 3.05) is 5.75 Å². The van der Waals surface area contributed by atoms with E-state index in [1.54, 1.807) is 19.4 Å². The van der Waals surface area contributed by atoms with E-state index in [9.17, 15) is 10.2 Å². The number of fused-ring (bicyclic) bond motifs is 1. The molecule has 0 radical (unpaired) electrons. The monoisotopic (exact) mass is 556 g/mol. The highest BCUT2D eigenvalue weighted by Crippen LogP contribution is 2.56. The van der Waals surface area contributed by atoms with Gasteiger partial charge in [0.1, 0.15) is 5.60 Å². The highest BCUT2D eigenvalue weighted by Gasteiger charge is 2.46. The predicted molar refractivity (Wildman–Crippen MR) is 167 cm³/mol. The molecule has 0 unspecified atom stereocenters. The summed E-state index contributed by atoms with van der Waals surface area (Å²) in [5.74, 6) is 7.35. The van der Waals surface area contributed by atoms with Crippen LogP contribution in [0.15, 0.2) is 47.1 Å². The van der Waals surface area contributed by atoms with E-state index in [-0.39, 0.29) is 22.7 Å². The Balaban J connectivity index is 1.74. The lowest BCUT2D eigenvalue weighted by atomic mass is 9.64. The fraction of sp³-hybridized carbons (Fsp3) is 0.697. The third kappa shape index (κ3) is 7.37. The molecule has 0 amide bonds. The van der Waals surface area contributed by atoms with Crippen LogP contribution in [0.3, 0.4) is 0 Å². The van der Waals surface area contributed by atoms with Gasteiger partial charge in [-0.1, -0.05) is 75.5 Å². The number of thioether (sulfide) groups is 1. The zero-order chi connectivity index (χ0) is 28.5. The van der Waals surface area contributed by atoms with Gasteiger partial charge >= 0.3 is 0 Å². The highest BCUT2D eigenvalue weighted by atomic mass is 32.2. The van der Waals surface area contributed by atoms with E-state index in [4.69, 9.17) is 4.43 Å². The predicted octanol–water partition coefficient (Wildman–Crippen LogP) is 7.97. The van der Waals surface area contributed by atoms with Crippen LogP contribution in [-0.4, -0.2) is 47.3 Å². The molecular formula is C33H52O3SSi. The summed E-state index contributed by atoms with van der Waals surface area (Å²) in [6.07, 6.45) is 12.6. The number of aliphatic hydroxyl groups is 2. The summed E-state index contributed by atoms with van der Waals surface area (Å²) in [5, 5.41) is 21.1. The molecule has 0 aromatic carbocycles. The van der Waals surface area contributed by atoms with Crippen LogP contribution in [0.25, 0.3) is 0 Å². The standard InChI is InChI=1S/C33H52O3SSi/c1-23-26(21-27(34)22-30(23)36-38(9,10)31(3,4)5)15-14-25-13-11-19-33(8)28(16-17-29(25)33)24(2)37-20-12-18-32(6,7)35/h14-16,24,27,29-30,34-35H,1,11,13,17,19-22H2,2-10H3/t24-,27+,29-,30-,33+/m0/s1. The van der Waals surface area contributed by atoms with Crippen molar-refractivity contribution in [2.45, 2.75) is 128 Å². The summed E-state index contributed by atoms with van der Waals surface area (Å²) < 4.78 is 6.72. The topological polar surface area (TPSA) is 49.7 Å². The Labute approximate surface area is 238 Å². The molecule has 2 N–H and O–H groups in total. The summed E-state index contributed by atoms with van der Waals surface area (Å²) in [5.41, 5.74) is 4.56. The van der Waals surface area contributed by atoms with Gasteiger partial charge in [-0.2, -0.15) is 0 Å². The average Bonchev–Trinajstić information content (AvgIpc) is 3.13. The van der Waals surface area contributed by atoms with Crippen molar-refractivity contribution in [1.29, 1.82) is 0 Å². The summed E-state index contributed by atoms with van der Waals surface area (Å²) >= 11 is 1.88. The fourth-order valence-electron chi connectivity index (χ4n) is 6.09. The molecule has 3 aliphatic rings. The zero-order valence-electron chi connectivity index (χ0n) is 25.4. The van der Waals surface area contributed by atoms with Gasteiger partial charge in [0.2, 0.25) is 0 Å². The van der Waals surface area contributed by atoms with Crippen LogP contribution in [0.1, 0.15) is 87.0 Å². The molecule has 2 saturated carbocycles. The number of rotatable bonds is 6. The number of allylic oxidation sites excluding steroid dienone is 4. The Morgan fingerprint density at radius 2 is 1.95 bits per heavy atom. The van der Waals surface area contributed by atoms with Gasteiger partial charge in [0.05, 0.1) is 18.0 Å². The Bertz CT molecular complexity index is 1040. The van der Waals surface area contributed by atoms with Crippen molar-refractivity contribution in [3.8, 4) is 11.8 Å². The summed E-state index contributed by atoms with van der Waals surface area (Å²) in [6, 6.07) is 0. The second-order valence-corrected chi connectivity index (χ2v) is 20.0. The van der Waals surface area contributed by atoms with Crippen molar-refractivity contribution in [2.24, 2.45) is 11.3 Å². The normalized spacial score (nSPS) is 31.6. The minimum Gasteiger partial charge on any atom is -0.410 e. The van der Waals surface area contributed by atoms with Crippen molar-refractivity contribution in [1.82, 2.24) is 0 Å². The maximum atomic E-state index is 10.7. The van der Waals surface area contributed by atoms with E-state index in [0.717, 1.165) is 29.7 Å². The molecule has 3 nitrogen and oxygen atoms in total. The first-order chi connectivity index (χ1) is 17.4. The SMILES string of the molecule is C=C1C(=CC=C2CCC[C@]3(C)C([C@H](C)SCC#CC(C)(C)O)=CC[C@@H]23)C[C@@H](O)C[C@@H]1O[Si](C)(C)C(C)(C)C. The molecule has 3 rings (SSSR count). The molecule has 212 valence electrons. The maximum Gasteiger partial charge on any atom is 0.192 e. The average molecular weight is 557 g/mol. The van der Waals surface area contributed by atoms with Crippen molar-refractivity contribution in [3.05, 3.63) is 47.1 Å². The van der Waals surface area contributed by atoms with Gasteiger partial charge in [-0.25, -0.2) is 0 Å². The zero-order valence-corrected chi connectivity index (χ0v) is 27.2. The summed E-state index contributed by atoms with van der Waals surface area (Å²) in [4.78, 5) is 0. The Hall–Kier alpha value is -1.03. The van der Waals surface area contributed by atoms with Gasteiger partial charge in [0.25, 0.3) is 0 Å². The van der Waals surface area contributed by atoms with E-state index in [2.05, 4.69) is 84.4 Å². The van der Waals surface area contributed by atoms with Gasteiger partial charge in [-0.15, -0.1) is 11.8 Å². The fourth-order valence-corrected chi connectivity index (χ4v) is 8.34. The number of hydrogen-bond donors (Lipinski definition) is 2. The highest BCUT2D eigenvalue weighted by molar-refractivity contribution is 8.00. The second kappa shape index (κ2) is 11.8. The molecule has 2 fully saturated rings. The maximum absolute atomic E-state index is 10.7. The third-order valence-electron chi connectivity index (χ3n) is 9.33. The van der Waals surface area contributed by atoms with E-state index >= 15 is 0 Å². The van der Waals surface area contributed by atoms with Gasteiger partial charge < -0.3 is 14.6 Å². The van der Waals surface area contributed by atoms with Crippen LogP contribution in [0.5, 0.6) is 0 Å². The molecular weight excluding hydrogens is 505 g/mol. The summed E-state index contributed by atoms with van der Waals surface area (Å²) in [6.45, 7) is 24.0. The minimum absolute atomic E-state index is 0.0990. The van der Waals surface area contributed by atoms with E-state index in [1.807, 2.05) is 11.8 Å².